The molecule has 2 aliphatic heterocycles. The summed E-state index contributed by atoms with van der Waals surface area (Å²) in [5.41, 5.74) is 0.285. The van der Waals surface area contributed by atoms with Crippen LogP contribution in [0.3, 0.4) is 0 Å². The summed E-state index contributed by atoms with van der Waals surface area (Å²) >= 11 is 0. The molecule has 2 aromatic heterocycles. The second-order valence-electron chi connectivity index (χ2n) is 9.77. The normalized spacial score (nSPS) is 26.9. The Morgan fingerprint density at radius 1 is 1.11 bits per heavy atom. The molecule has 2 fully saturated rings. The van der Waals surface area contributed by atoms with Gasteiger partial charge in [-0.25, -0.2) is 18.1 Å². The van der Waals surface area contributed by atoms with Crippen molar-refractivity contribution in [2.24, 2.45) is 0 Å². The molecule has 12 nitrogen and oxygen atoms in total. The number of hydrogen-bond donors (Lipinski definition) is 3. The Morgan fingerprint density at radius 2 is 1.89 bits per heavy atom. The maximum Gasteiger partial charge on any atom is 0.168 e. The molecule has 5 rings (SSSR count). The van der Waals surface area contributed by atoms with E-state index in [-0.39, 0.29) is 29.8 Å². The zero-order valence-electron chi connectivity index (χ0n) is 20.9. The van der Waals surface area contributed by atoms with E-state index in [1.165, 1.54) is 37.0 Å². The SMILES string of the molecule is CO[C@@H]1[C@@H](n2cc(-c3ccc(C)c(F)c3F)nn2)[C@@H](O)[C@@H](CO)O[C@@H]1Cc1cn(C2(CCO)COC2)nn1. The third kappa shape index (κ3) is 4.61. The molecular weight excluding hydrogens is 506 g/mol. The summed E-state index contributed by atoms with van der Waals surface area (Å²) in [6.07, 6.45) is 0.179. The molecule has 0 amide bonds. The summed E-state index contributed by atoms with van der Waals surface area (Å²) in [5, 5.41) is 46.9. The number of halogens is 2. The van der Waals surface area contributed by atoms with Crippen molar-refractivity contribution in [2.75, 3.05) is 33.5 Å². The van der Waals surface area contributed by atoms with Gasteiger partial charge in [-0.3, -0.25) is 0 Å². The van der Waals surface area contributed by atoms with Gasteiger partial charge >= 0.3 is 0 Å². The van der Waals surface area contributed by atoms with Crippen LogP contribution in [0.5, 0.6) is 0 Å². The first-order chi connectivity index (χ1) is 18.3. The van der Waals surface area contributed by atoms with E-state index in [4.69, 9.17) is 14.2 Å². The van der Waals surface area contributed by atoms with Crippen LogP contribution in [0.2, 0.25) is 0 Å². The number of ether oxygens (including phenoxy) is 3. The van der Waals surface area contributed by atoms with E-state index in [0.29, 0.717) is 25.3 Å². The summed E-state index contributed by atoms with van der Waals surface area (Å²) in [6.45, 7) is 1.79. The highest BCUT2D eigenvalue weighted by atomic mass is 19.2. The van der Waals surface area contributed by atoms with Crippen LogP contribution in [0, 0.1) is 18.6 Å². The van der Waals surface area contributed by atoms with Crippen LogP contribution in [0.25, 0.3) is 11.3 Å². The average molecular weight is 537 g/mol. The van der Waals surface area contributed by atoms with Crippen LogP contribution < -0.4 is 0 Å². The van der Waals surface area contributed by atoms with Crippen molar-refractivity contribution in [3.05, 3.63) is 47.4 Å². The molecule has 0 bridgehead atoms. The summed E-state index contributed by atoms with van der Waals surface area (Å²) in [4.78, 5) is 0. The molecule has 0 radical (unpaired) electrons. The minimum atomic E-state index is -1.24. The molecule has 0 spiro atoms. The molecule has 206 valence electrons. The molecule has 3 N–H and O–H groups in total. The summed E-state index contributed by atoms with van der Waals surface area (Å²) < 4.78 is 48.8. The molecule has 4 heterocycles. The first kappa shape index (κ1) is 26.7. The third-order valence-electron chi connectivity index (χ3n) is 7.36. The van der Waals surface area contributed by atoms with Gasteiger partial charge in [0.05, 0.1) is 37.8 Å². The topological polar surface area (TPSA) is 150 Å². The Labute approximate surface area is 216 Å². The van der Waals surface area contributed by atoms with Gasteiger partial charge in [0.25, 0.3) is 0 Å². The highest BCUT2D eigenvalue weighted by Crippen LogP contribution is 2.35. The Bertz CT molecular complexity index is 1270. The van der Waals surface area contributed by atoms with Gasteiger partial charge < -0.3 is 29.5 Å². The van der Waals surface area contributed by atoms with Gasteiger partial charge in [-0.2, -0.15) is 0 Å². The zero-order chi connectivity index (χ0) is 27.0. The number of benzene rings is 1. The van der Waals surface area contributed by atoms with Gasteiger partial charge in [0, 0.05) is 38.3 Å². The van der Waals surface area contributed by atoms with E-state index in [2.05, 4.69) is 20.6 Å². The highest BCUT2D eigenvalue weighted by molar-refractivity contribution is 5.59. The van der Waals surface area contributed by atoms with Crippen LogP contribution in [-0.4, -0.2) is 103 Å². The van der Waals surface area contributed by atoms with Crippen LogP contribution in [0.15, 0.2) is 24.5 Å². The lowest BCUT2D eigenvalue weighted by Crippen LogP contribution is -2.57. The summed E-state index contributed by atoms with van der Waals surface area (Å²) in [7, 11) is 1.45. The lowest BCUT2D eigenvalue weighted by molar-refractivity contribution is -0.212. The van der Waals surface area contributed by atoms with E-state index >= 15 is 0 Å². The monoisotopic (exact) mass is 536 g/mol. The predicted octanol–water partition coefficient (Wildman–Crippen LogP) is 0.151. The molecule has 0 unspecified atom stereocenters. The standard InChI is InChI=1S/C24H30F2N6O6/c1-13-3-4-15(20(26)19(13)25)16-9-31(29-28-16)21-22(35)18(10-34)38-17(23(21)36-2)7-14-8-32(30-27-14)24(5-6-33)11-37-12-24/h3-4,8-9,17-18,21-23,33-35H,5-7,10-12H2,1-2H3/t17-,18-,21+,22+,23+/m1/s1. The van der Waals surface area contributed by atoms with E-state index in [1.807, 2.05) is 0 Å². The van der Waals surface area contributed by atoms with Gasteiger partial charge in [0.2, 0.25) is 0 Å². The van der Waals surface area contributed by atoms with Gasteiger partial charge in [-0.1, -0.05) is 16.5 Å². The van der Waals surface area contributed by atoms with E-state index < -0.39 is 54.2 Å². The fraction of sp³-hybridized carbons (Fsp3) is 0.583. The van der Waals surface area contributed by atoms with Gasteiger partial charge in [-0.05, 0) is 18.6 Å². The van der Waals surface area contributed by atoms with E-state index in [0.717, 1.165) is 0 Å². The summed E-state index contributed by atoms with van der Waals surface area (Å²) in [6, 6.07) is 1.99. The predicted molar refractivity (Wildman–Crippen MR) is 126 cm³/mol. The molecule has 5 atom stereocenters. The molecule has 38 heavy (non-hydrogen) atoms. The average Bonchev–Trinajstić information content (AvgIpc) is 3.55. The molecule has 0 saturated carbocycles. The Morgan fingerprint density at radius 3 is 2.55 bits per heavy atom. The number of rotatable bonds is 9. The number of aromatic nitrogens is 6. The van der Waals surface area contributed by atoms with Crippen LogP contribution in [0.4, 0.5) is 8.78 Å². The van der Waals surface area contributed by atoms with E-state index in [9.17, 15) is 24.1 Å². The smallest absolute Gasteiger partial charge is 0.168 e. The quantitative estimate of drug-likeness (QED) is 0.345. The molecule has 2 saturated heterocycles. The van der Waals surface area contributed by atoms with Crippen molar-refractivity contribution < 1.29 is 38.3 Å². The number of nitrogens with zero attached hydrogens (tertiary/aromatic N) is 6. The van der Waals surface area contributed by atoms with Crippen molar-refractivity contribution in [1.29, 1.82) is 0 Å². The van der Waals surface area contributed by atoms with Gasteiger partial charge in [0.1, 0.15) is 35.6 Å². The lowest BCUT2D eigenvalue weighted by Gasteiger charge is -2.43. The lowest BCUT2D eigenvalue weighted by atomic mass is 9.90. The number of hydrogen-bond acceptors (Lipinski definition) is 10. The largest absolute Gasteiger partial charge is 0.396 e. The van der Waals surface area contributed by atoms with Crippen molar-refractivity contribution in [1.82, 2.24) is 30.0 Å². The van der Waals surface area contributed by atoms with Crippen molar-refractivity contribution in [2.45, 2.75) is 55.8 Å². The Hall–Kier alpha value is -2.88. The third-order valence-corrected chi connectivity index (χ3v) is 7.36. The maximum absolute atomic E-state index is 14.6. The second-order valence-corrected chi connectivity index (χ2v) is 9.77. The fourth-order valence-corrected chi connectivity index (χ4v) is 5.09. The molecule has 3 aromatic rings. The molecule has 14 heteroatoms. The molecule has 2 aliphatic rings. The minimum Gasteiger partial charge on any atom is -0.396 e. The van der Waals surface area contributed by atoms with Gasteiger partial charge in [0.15, 0.2) is 11.6 Å². The number of methoxy groups -OCH3 is 1. The fourth-order valence-electron chi connectivity index (χ4n) is 5.09. The van der Waals surface area contributed by atoms with Crippen molar-refractivity contribution >= 4 is 0 Å². The zero-order valence-corrected chi connectivity index (χ0v) is 20.9. The maximum atomic E-state index is 14.6. The summed E-state index contributed by atoms with van der Waals surface area (Å²) in [5.74, 6) is -2.02. The number of aryl methyl sites for hydroxylation is 1. The van der Waals surface area contributed by atoms with Crippen molar-refractivity contribution in [3.63, 3.8) is 0 Å². The van der Waals surface area contributed by atoms with Crippen LogP contribution >= 0.6 is 0 Å². The van der Waals surface area contributed by atoms with Crippen LogP contribution in [0.1, 0.15) is 23.7 Å². The Balaban J connectivity index is 1.42. The van der Waals surface area contributed by atoms with Gasteiger partial charge in [-0.15, -0.1) is 10.2 Å². The van der Waals surface area contributed by atoms with Crippen molar-refractivity contribution in [3.8, 4) is 11.3 Å². The minimum absolute atomic E-state index is 0.0210. The highest BCUT2D eigenvalue weighted by Gasteiger charge is 2.48. The molecule has 1 aromatic carbocycles. The number of aliphatic hydroxyl groups excluding tert-OH is 3. The molecule has 0 aliphatic carbocycles. The number of aliphatic hydroxyl groups is 3. The van der Waals surface area contributed by atoms with Crippen LogP contribution in [-0.2, 0) is 26.2 Å². The first-order valence-electron chi connectivity index (χ1n) is 12.3. The second kappa shape index (κ2) is 10.7. The molecular formula is C24H30F2N6O6. The first-order valence-corrected chi connectivity index (χ1v) is 12.3. The van der Waals surface area contributed by atoms with E-state index in [1.54, 1.807) is 10.9 Å². The Kier molecular flexibility index (Phi) is 7.53.